The number of nitrogens with two attached hydrogens (primary N) is 1. The summed E-state index contributed by atoms with van der Waals surface area (Å²) < 4.78 is 0. The third-order valence-electron chi connectivity index (χ3n) is 4.17. The van der Waals surface area contributed by atoms with Crippen molar-refractivity contribution in [1.82, 2.24) is 14.9 Å². The van der Waals surface area contributed by atoms with Gasteiger partial charge in [-0.2, -0.15) is 0 Å². The molecule has 1 aromatic heterocycles. The highest BCUT2D eigenvalue weighted by Gasteiger charge is 2.17. The standard InChI is InChI=1S/C18H25N7/c19-17(23-16-6-2-1-3-7-16)20-10-5-11-24-12-14-25(15-13-24)18-21-8-4-9-22-18/h1-4,6-9H,5,10-15H2,(H3,19,20,23). The Bertz CT molecular complexity index is 652. The molecule has 0 radical (unpaired) electrons. The Morgan fingerprint density at radius 3 is 2.48 bits per heavy atom. The summed E-state index contributed by atoms with van der Waals surface area (Å²) in [5.74, 6) is 1.30. The highest BCUT2D eigenvalue weighted by molar-refractivity contribution is 5.92. The molecule has 1 aliphatic rings. The summed E-state index contributed by atoms with van der Waals surface area (Å²) in [5, 5.41) is 3.10. The third kappa shape index (κ3) is 5.42. The van der Waals surface area contributed by atoms with E-state index in [0.717, 1.165) is 57.3 Å². The lowest BCUT2D eigenvalue weighted by Crippen LogP contribution is -2.47. The Kier molecular flexibility index (Phi) is 6.17. The SMILES string of the molecule is NC(=NCCCN1CCN(c2ncccn2)CC1)Nc1ccccc1. The molecule has 2 aromatic rings. The number of hydrogen-bond donors (Lipinski definition) is 2. The van der Waals surface area contributed by atoms with Gasteiger partial charge in [-0.15, -0.1) is 0 Å². The number of benzene rings is 1. The molecule has 1 aliphatic heterocycles. The van der Waals surface area contributed by atoms with E-state index in [2.05, 4.69) is 30.1 Å². The molecular formula is C18H25N7. The molecule has 3 N–H and O–H groups in total. The minimum absolute atomic E-state index is 0.470. The molecule has 0 amide bonds. The average molecular weight is 339 g/mol. The summed E-state index contributed by atoms with van der Waals surface area (Å²) in [7, 11) is 0. The summed E-state index contributed by atoms with van der Waals surface area (Å²) in [5.41, 5.74) is 6.87. The van der Waals surface area contributed by atoms with E-state index in [-0.39, 0.29) is 0 Å². The molecule has 25 heavy (non-hydrogen) atoms. The monoisotopic (exact) mass is 339 g/mol. The average Bonchev–Trinajstić information content (AvgIpc) is 2.67. The maximum Gasteiger partial charge on any atom is 0.225 e. The van der Waals surface area contributed by atoms with Gasteiger partial charge in [0.2, 0.25) is 5.95 Å². The van der Waals surface area contributed by atoms with Crippen molar-refractivity contribution in [2.75, 3.05) is 49.5 Å². The molecule has 1 fully saturated rings. The molecule has 1 aromatic carbocycles. The summed E-state index contributed by atoms with van der Waals surface area (Å²) in [6.07, 6.45) is 4.58. The van der Waals surface area contributed by atoms with Gasteiger partial charge >= 0.3 is 0 Å². The second kappa shape index (κ2) is 8.98. The van der Waals surface area contributed by atoms with Crippen LogP contribution in [0, 0.1) is 0 Å². The molecule has 2 heterocycles. The van der Waals surface area contributed by atoms with Crippen LogP contribution < -0.4 is 16.0 Å². The number of rotatable bonds is 6. The largest absolute Gasteiger partial charge is 0.370 e. The highest BCUT2D eigenvalue weighted by Crippen LogP contribution is 2.09. The van der Waals surface area contributed by atoms with Crippen molar-refractivity contribution in [3.63, 3.8) is 0 Å². The molecule has 0 aliphatic carbocycles. The van der Waals surface area contributed by atoms with E-state index in [1.165, 1.54) is 0 Å². The maximum atomic E-state index is 5.91. The zero-order valence-electron chi connectivity index (χ0n) is 14.4. The number of hydrogen-bond acceptors (Lipinski definition) is 5. The second-order valence-electron chi connectivity index (χ2n) is 5.99. The van der Waals surface area contributed by atoms with Crippen LogP contribution in [-0.2, 0) is 0 Å². The Hall–Kier alpha value is -2.67. The van der Waals surface area contributed by atoms with Crippen LogP contribution in [0.1, 0.15) is 6.42 Å². The first-order chi connectivity index (χ1) is 12.3. The van der Waals surface area contributed by atoms with Crippen molar-refractivity contribution in [3.05, 3.63) is 48.8 Å². The fourth-order valence-electron chi connectivity index (χ4n) is 2.83. The topological polar surface area (TPSA) is 82.7 Å². The minimum Gasteiger partial charge on any atom is -0.370 e. The van der Waals surface area contributed by atoms with Crippen LogP contribution in [0.2, 0.25) is 0 Å². The van der Waals surface area contributed by atoms with Gasteiger partial charge in [0.1, 0.15) is 0 Å². The van der Waals surface area contributed by atoms with Gasteiger partial charge < -0.3 is 16.0 Å². The number of aromatic nitrogens is 2. The number of anilines is 2. The van der Waals surface area contributed by atoms with Crippen molar-refractivity contribution in [2.24, 2.45) is 10.7 Å². The first kappa shape index (κ1) is 17.2. The number of piperazine rings is 1. The van der Waals surface area contributed by atoms with E-state index >= 15 is 0 Å². The van der Waals surface area contributed by atoms with Gasteiger partial charge in [-0.05, 0) is 24.6 Å². The van der Waals surface area contributed by atoms with Crippen LogP contribution >= 0.6 is 0 Å². The second-order valence-corrected chi connectivity index (χ2v) is 5.99. The third-order valence-corrected chi connectivity index (χ3v) is 4.17. The Morgan fingerprint density at radius 1 is 1.04 bits per heavy atom. The number of aliphatic imine (C=N–C) groups is 1. The summed E-state index contributed by atoms with van der Waals surface area (Å²) >= 11 is 0. The Labute approximate surface area is 148 Å². The fraction of sp³-hybridized carbons (Fsp3) is 0.389. The summed E-state index contributed by atoms with van der Waals surface area (Å²) in [4.78, 5) is 17.7. The molecule has 1 saturated heterocycles. The molecule has 3 rings (SSSR count). The Morgan fingerprint density at radius 2 is 1.76 bits per heavy atom. The van der Waals surface area contributed by atoms with Gasteiger partial charge in [0.05, 0.1) is 0 Å². The summed E-state index contributed by atoms with van der Waals surface area (Å²) in [6, 6.07) is 11.7. The number of para-hydroxylation sites is 1. The molecule has 0 saturated carbocycles. The van der Waals surface area contributed by atoms with Gasteiger partial charge in [0.25, 0.3) is 0 Å². The molecule has 7 heteroatoms. The zero-order valence-corrected chi connectivity index (χ0v) is 14.4. The van der Waals surface area contributed by atoms with Crippen molar-refractivity contribution in [1.29, 1.82) is 0 Å². The molecule has 0 spiro atoms. The highest BCUT2D eigenvalue weighted by atomic mass is 15.3. The first-order valence-corrected chi connectivity index (χ1v) is 8.67. The predicted octanol–water partition coefficient (Wildman–Crippen LogP) is 1.42. The van der Waals surface area contributed by atoms with Crippen molar-refractivity contribution >= 4 is 17.6 Å². The lowest BCUT2D eigenvalue weighted by molar-refractivity contribution is 0.255. The zero-order chi connectivity index (χ0) is 17.3. The van der Waals surface area contributed by atoms with E-state index in [1.54, 1.807) is 12.4 Å². The van der Waals surface area contributed by atoms with Crippen molar-refractivity contribution in [3.8, 4) is 0 Å². The Balaban J connectivity index is 1.34. The minimum atomic E-state index is 0.470. The van der Waals surface area contributed by atoms with Crippen LogP contribution in [-0.4, -0.2) is 60.1 Å². The van der Waals surface area contributed by atoms with Gasteiger partial charge in [0, 0.05) is 57.3 Å². The first-order valence-electron chi connectivity index (χ1n) is 8.67. The molecule has 7 nitrogen and oxygen atoms in total. The van der Waals surface area contributed by atoms with Gasteiger partial charge in [0.15, 0.2) is 5.96 Å². The lowest BCUT2D eigenvalue weighted by atomic mass is 10.3. The van der Waals surface area contributed by atoms with Gasteiger partial charge in [-0.25, -0.2) is 9.97 Å². The number of guanidine groups is 1. The van der Waals surface area contributed by atoms with E-state index in [0.29, 0.717) is 5.96 Å². The quantitative estimate of drug-likeness (QED) is 0.470. The van der Waals surface area contributed by atoms with E-state index in [1.807, 2.05) is 36.4 Å². The molecule has 132 valence electrons. The number of nitrogens with zero attached hydrogens (tertiary/aromatic N) is 5. The summed E-state index contributed by atoms with van der Waals surface area (Å²) in [6.45, 7) is 5.74. The smallest absolute Gasteiger partial charge is 0.225 e. The maximum absolute atomic E-state index is 5.91. The van der Waals surface area contributed by atoms with Crippen molar-refractivity contribution < 1.29 is 0 Å². The fourth-order valence-corrected chi connectivity index (χ4v) is 2.83. The molecular weight excluding hydrogens is 314 g/mol. The molecule has 0 unspecified atom stereocenters. The molecule has 0 atom stereocenters. The van der Waals surface area contributed by atoms with Crippen LogP contribution in [0.5, 0.6) is 0 Å². The lowest BCUT2D eigenvalue weighted by Gasteiger charge is -2.34. The van der Waals surface area contributed by atoms with E-state index in [9.17, 15) is 0 Å². The van der Waals surface area contributed by atoms with Gasteiger partial charge in [-0.1, -0.05) is 18.2 Å². The van der Waals surface area contributed by atoms with Crippen molar-refractivity contribution in [2.45, 2.75) is 6.42 Å². The van der Waals surface area contributed by atoms with E-state index < -0.39 is 0 Å². The van der Waals surface area contributed by atoms with Crippen LogP contribution in [0.3, 0.4) is 0 Å². The predicted molar refractivity (Wildman–Crippen MR) is 102 cm³/mol. The van der Waals surface area contributed by atoms with E-state index in [4.69, 9.17) is 5.73 Å². The van der Waals surface area contributed by atoms with Crippen LogP contribution in [0.25, 0.3) is 0 Å². The molecule has 0 bridgehead atoms. The van der Waals surface area contributed by atoms with Crippen LogP contribution in [0.15, 0.2) is 53.8 Å². The normalized spacial score (nSPS) is 16.0. The van der Waals surface area contributed by atoms with Crippen LogP contribution in [0.4, 0.5) is 11.6 Å². The van der Waals surface area contributed by atoms with Gasteiger partial charge in [-0.3, -0.25) is 9.89 Å². The number of nitrogens with one attached hydrogen (secondary N) is 1.